The van der Waals surface area contributed by atoms with Gasteiger partial charge in [-0.1, -0.05) is 0 Å². The van der Waals surface area contributed by atoms with Gasteiger partial charge in [-0.15, -0.1) is 0 Å². The van der Waals surface area contributed by atoms with Crippen LogP contribution < -0.4 is 0 Å². The molecule has 0 N–H and O–H groups in total. The van der Waals surface area contributed by atoms with E-state index >= 15 is 0 Å². The van der Waals surface area contributed by atoms with Crippen molar-refractivity contribution in [3.8, 4) is 0 Å². The van der Waals surface area contributed by atoms with Gasteiger partial charge in [-0.2, -0.15) is 5.10 Å². The number of nitro groups is 1. The molecule has 0 aliphatic heterocycles. The minimum Gasteiger partial charge on any atom is -0.469 e. The Balaban J connectivity index is 2.83. The number of esters is 1. The van der Waals surface area contributed by atoms with Crippen molar-refractivity contribution in [3.63, 3.8) is 0 Å². The molecule has 0 radical (unpaired) electrons. The zero-order valence-electron chi connectivity index (χ0n) is 9.28. The van der Waals surface area contributed by atoms with Crippen molar-refractivity contribution < 1.29 is 14.5 Å². The first-order valence-electron chi connectivity index (χ1n) is 4.73. The van der Waals surface area contributed by atoms with E-state index in [1.165, 1.54) is 18.0 Å². The fourth-order valence-corrected chi connectivity index (χ4v) is 1.26. The Kier molecular flexibility index (Phi) is 3.60. The van der Waals surface area contributed by atoms with Gasteiger partial charge in [0, 0.05) is 0 Å². The molecule has 0 aliphatic carbocycles. The summed E-state index contributed by atoms with van der Waals surface area (Å²) in [5.74, 6) is -0.782. The molecule has 7 nitrogen and oxygen atoms in total. The Labute approximate surface area is 92.2 Å². The Hall–Kier alpha value is -1.92. The van der Waals surface area contributed by atoms with Gasteiger partial charge in [0.2, 0.25) is 0 Å². The van der Waals surface area contributed by atoms with Crippen LogP contribution in [0.25, 0.3) is 0 Å². The van der Waals surface area contributed by atoms with Crippen LogP contribution in [0.1, 0.15) is 19.9 Å². The molecular weight excluding hydrogens is 214 g/mol. The van der Waals surface area contributed by atoms with E-state index in [0.717, 1.165) is 6.20 Å². The summed E-state index contributed by atoms with van der Waals surface area (Å²) in [6.07, 6.45) is 2.45. The van der Waals surface area contributed by atoms with E-state index in [2.05, 4.69) is 9.84 Å². The van der Waals surface area contributed by atoms with E-state index in [1.807, 2.05) is 0 Å². The van der Waals surface area contributed by atoms with Gasteiger partial charge in [0.15, 0.2) is 0 Å². The predicted octanol–water partition coefficient (Wildman–Crippen LogP) is 1.16. The summed E-state index contributed by atoms with van der Waals surface area (Å²) < 4.78 is 5.98. The van der Waals surface area contributed by atoms with Gasteiger partial charge >= 0.3 is 11.7 Å². The molecule has 0 saturated carbocycles. The Morgan fingerprint density at radius 3 is 2.69 bits per heavy atom. The Morgan fingerprint density at radius 2 is 2.25 bits per heavy atom. The summed E-state index contributed by atoms with van der Waals surface area (Å²) in [4.78, 5) is 21.2. The van der Waals surface area contributed by atoms with Gasteiger partial charge in [-0.3, -0.25) is 19.6 Å². The van der Waals surface area contributed by atoms with Crippen LogP contribution in [-0.2, 0) is 9.53 Å². The third-order valence-corrected chi connectivity index (χ3v) is 2.51. The number of carbonyl (C=O) groups is 1. The second kappa shape index (κ2) is 4.73. The van der Waals surface area contributed by atoms with Crippen molar-refractivity contribution in [2.45, 2.75) is 19.9 Å². The van der Waals surface area contributed by atoms with Crippen LogP contribution in [0.5, 0.6) is 0 Å². The first-order valence-corrected chi connectivity index (χ1v) is 4.73. The average Bonchev–Trinajstić information content (AvgIpc) is 2.75. The topological polar surface area (TPSA) is 87.3 Å². The van der Waals surface area contributed by atoms with Crippen LogP contribution in [0.3, 0.4) is 0 Å². The van der Waals surface area contributed by atoms with Gasteiger partial charge in [-0.25, -0.2) is 0 Å². The molecule has 0 bridgehead atoms. The van der Waals surface area contributed by atoms with Crippen molar-refractivity contribution in [3.05, 3.63) is 22.5 Å². The van der Waals surface area contributed by atoms with Crippen molar-refractivity contribution in [2.75, 3.05) is 7.11 Å². The van der Waals surface area contributed by atoms with E-state index in [0.29, 0.717) is 0 Å². The second-order valence-electron chi connectivity index (χ2n) is 3.49. The third kappa shape index (κ3) is 2.36. The number of ether oxygens (including phenoxy) is 1. The molecular formula is C9H13N3O4. The molecule has 0 aromatic carbocycles. The van der Waals surface area contributed by atoms with Gasteiger partial charge in [-0.05, 0) is 13.8 Å². The summed E-state index contributed by atoms with van der Waals surface area (Å²) >= 11 is 0. The summed E-state index contributed by atoms with van der Waals surface area (Å²) in [6.45, 7) is 3.43. The highest BCUT2D eigenvalue weighted by Gasteiger charge is 2.24. The van der Waals surface area contributed by atoms with Gasteiger partial charge in [0.05, 0.1) is 24.0 Å². The predicted molar refractivity (Wildman–Crippen MR) is 54.8 cm³/mol. The molecule has 16 heavy (non-hydrogen) atoms. The van der Waals surface area contributed by atoms with Crippen LogP contribution in [0.2, 0.25) is 0 Å². The number of methoxy groups -OCH3 is 1. The van der Waals surface area contributed by atoms with Crippen LogP contribution >= 0.6 is 0 Å². The van der Waals surface area contributed by atoms with Crippen LogP contribution in [0.4, 0.5) is 5.69 Å². The monoisotopic (exact) mass is 227 g/mol. The highest BCUT2D eigenvalue weighted by atomic mass is 16.6. The molecule has 88 valence electrons. The lowest BCUT2D eigenvalue weighted by Crippen LogP contribution is -2.23. The minimum atomic E-state index is -0.529. The molecule has 1 aromatic rings. The quantitative estimate of drug-likeness (QED) is 0.437. The zero-order valence-corrected chi connectivity index (χ0v) is 9.28. The average molecular weight is 227 g/mol. The lowest BCUT2D eigenvalue weighted by atomic mass is 10.0. The van der Waals surface area contributed by atoms with Crippen molar-refractivity contribution in [1.82, 2.24) is 9.78 Å². The van der Waals surface area contributed by atoms with Crippen LogP contribution in [0, 0.1) is 16.0 Å². The highest BCUT2D eigenvalue weighted by Crippen LogP contribution is 2.20. The van der Waals surface area contributed by atoms with Gasteiger partial charge in [0.1, 0.15) is 12.4 Å². The molecule has 1 aromatic heterocycles. The van der Waals surface area contributed by atoms with Crippen molar-refractivity contribution in [1.29, 1.82) is 0 Å². The molecule has 0 aliphatic rings. The van der Waals surface area contributed by atoms with Gasteiger partial charge in [0.25, 0.3) is 0 Å². The molecule has 2 unspecified atom stereocenters. The molecule has 1 heterocycles. The van der Waals surface area contributed by atoms with Crippen LogP contribution in [-0.4, -0.2) is 27.8 Å². The smallest absolute Gasteiger partial charge is 0.310 e. The highest BCUT2D eigenvalue weighted by molar-refractivity contribution is 5.72. The van der Waals surface area contributed by atoms with E-state index in [4.69, 9.17) is 0 Å². The number of hydrogen-bond acceptors (Lipinski definition) is 5. The lowest BCUT2D eigenvalue weighted by Gasteiger charge is -2.17. The standard InChI is InChI=1S/C9H13N3O4/c1-6(9(13)16-3)7(2)11-5-8(4-10-11)12(14)15/h4-7H,1-3H3. The minimum absolute atomic E-state index is 0.0936. The first-order chi connectivity index (χ1) is 7.47. The Morgan fingerprint density at radius 1 is 1.62 bits per heavy atom. The molecule has 1 rings (SSSR count). The molecule has 0 spiro atoms. The largest absolute Gasteiger partial charge is 0.469 e. The fraction of sp³-hybridized carbons (Fsp3) is 0.556. The maximum atomic E-state index is 11.3. The first kappa shape index (κ1) is 12.2. The van der Waals surface area contributed by atoms with Crippen molar-refractivity contribution >= 4 is 11.7 Å². The van der Waals surface area contributed by atoms with Crippen LogP contribution in [0.15, 0.2) is 12.4 Å². The third-order valence-electron chi connectivity index (χ3n) is 2.51. The molecule has 2 atom stereocenters. The normalized spacial score (nSPS) is 14.2. The van der Waals surface area contributed by atoms with E-state index in [9.17, 15) is 14.9 Å². The van der Waals surface area contributed by atoms with E-state index < -0.39 is 10.8 Å². The van der Waals surface area contributed by atoms with Gasteiger partial charge < -0.3 is 4.74 Å². The molecule has 0 fully saturated rings. The summed E-state index contributed by atoms with van der Waals surface area (Å²) in [5.41, 5.74) is -0.0936. The molecule has 0 amide bonds. The van der Waals surface area contributed by atoms with Crippen molar-refractivity contribution in [2.24, 2.45) is 5.92 Å². The fourth-order valence-electron chi connectivity index (χ4n) is 1.26. The maximum absolute atomic E-state index is 11.3. The molecule has 7 heteroatoms. The summed E-state index contributed by atoms with van der Waals surface area (Å²) in [5, 5.41) is 14.3. The Bertz CT molecular complexity index is 401. The van der Waals surface area contributed by atoms with E-state index in [1.54, 1.807) is 13.8 Å². The second-order valence-corrected chi connectivity index (χ2v) is 3.49. The number of aromatic nitrogens is 2. The lowest BCUT2D eigenvalue weighted by molar-refractivity contribution is -0.385. The number of nitrogens with zero attached hydrogens (tertiary/aromatic N) is 3. The zero-order chi connectivity index (χ0) is 12.3. The number of carbonyl (C=O) groups excluding carboxylic acids is 1. The van der Waals surface area contributed by atoms with E-state index in [-0.39, 0.29) is 17.7 Å². The molecule has 0 saturated heterocycles. The summed E-state index contributed by atoms with van der Waals surface area (Å²) in [7, 11) is 1.30. The maximum Gasteiger partial charge on any atom is 0.310 e. The number of hydrogen-bond donors (Lipinski definition) is 0. The summed E-state index contributed by atoms with van der Waals surface area (Å²) in [6, 6.07) is -0.291. The number of rotatable bonds is 4. The SMILES string of the molecule is COC(=O)C(C)C(C)n1cc([N+](=O)[O-])cn1.